The van der Waals surface area contributed by atoms with Crippen molar-refractivity contribution in [3.05, 3.63) is 41.1 Å². The van der Waals surface area contributed by atoms with E-state index in [2.05, 4.69) is 22.0 Å². The fourth-order valence-corrected chi connectivity index (χ4v) is 3.70. The molecule has 0 saturated carbocycles. The average Bonchev–Trinajstić information content (AvgIpc) is 3.09. The van der Waals surface area contributed by atoms with Crippen molar-refractivity contribution in [3.8, 4) is 0 Å². The molecule has 0 aliphatic carbocycles. The van der Waals surface area contributed by atoms with Gasteiger partial charge in [-0.1, -0.05) is 25.1 Å². The number of aliphatic imine (C=N–C) groups is 1. The molecule has 3 rings (SSSR count). The largest absolute Gasteiger partial charge is 0.365 e. The minimum Gasteiger partial charge on any atom is -0.365 e. The maximum atomic E-state index is 11.8. The van der Waals surface area contributed by atoms with Crippen LogP contribution in [0.15, 0.2) is 35.0 Å². The van der Waals surface area contributed by atoms with Crippen LogP contribution in [-0.4, -0.2) is 33.5 Å². The smallest absolute Gasteiger partial charge is 0.154 e. The Bertz CT molecular complexity index is 705. The number of hydrogen-bond donors (Lipinski definition) is 0. The van der Waals surface area contributed by atoms with Gasteiger partial charge in [-0.05, 0) is 23.6 Å². The van der Waals surface area contributed by atoms with Crippen LogP contribution in [-0.2, 0) is 22.0 Å². The van der Waals surface area contributed by atoms with Crippen LogP contribution in [0.3, 0.4) is 0 Å². The highest BCUT2D eigenvalue weighted by molar-refractivity contribution is 7.90. The number of rotatable bonds is 5. The highest BCUT2D eigenvalue weighted by Gasteiger charge is 2.21. The van der Waals surface area contributed by atoms with E-state index in [1.54, 1.807) is 6.92 Å². The van der Waals surface area contributed by atoms with Gasteiger partial charge in [-0.25, -0.2) is 8.42 Å². The Kier molecular flexibility index (Phi) is 3.85. The van der Waals surface area contributed by atoms with Gasteiger partial charge in [0, 0.05) is 30.6 Å². The maximum Gasteiger partial charge on any atom is 0.154 e. The molecule has 4 nitrogen and oxygen atoms in total. The first-order chi connectivity index (χ1) is 10.1. The van der Waals surface area contributed by atoms with Crippen LogP contribution in [0.25, 0.3) is 0 Å². The molecule has 1 aromatic carbocycles. The lowest BCUT2D eigenvalue weighted by molar-refractivity contribution is 0.596. The second-order valence-electron chi connectivity index (χ2n) is 5.55. The average molecular weight is 304 g/mol. The third-order valence-corrected chi connectivity index (χ3v) is 5.69. The molecule has 21 heavy (non-hydrogen) atoms. The lowest BCUT2D eigenvalue weighted by atomic mass is 10.1. The molecule has 0 N–H and O–H groups in total. The van der Waals surface area contributed by atoms with Crippen LogP contribution >= 0.6 is 0 Å². The van der Waals surface area contributed by atoms with Gasteiger partial charge in [0.25, 0.3) is 0 Å². The Balaban J connectivity index is 1.82. The predicted molar refractivity (Wildman–Crippen MR) is 86.7 cm³/mol. The van der Waals surface area contributed by atoms with Crippen LogP contribution in [0.4, 0.5) is 5.69 Å². The van der Waals surface area contributed by atoms with E-state index in [9.17, 15) is 8.42 Å². The molecule has 2 heterocycles. The van der Waals surface area contributed by atoms with E-state index in [1.807, 2.05) is 18.3 Å². The fourth-order valence-electron chi connectivity index (χ4n) is 2.81. The molecule has 0 saturated heterocycles. The lowest BCUT2D eigenvalue weighted by Gasteiger charge is -2.19. The third kappa shape index (κ3) is 3.18. The zero-order chi connectivity index (χ0) is 14.9. The van der Waals surface area contributed by atoms with Crippen LogP contribution in [0.5, 0.6) is 0 Å². The molecule has 0 atom stereocenters. The summed E-state index contributed by atoms with van der Waals surface area (Å²) in [5.74, 6) is 0.320. The second kappa shape index (κ2) is 5.64. The molecule has 2 aliphatic rings. The zero-order valence-corrected chi connectivity index (χ0v) is 13.1. The van der Waals surface area contributed by atoms with Crippen LogP contribution in [0, 0.1) is 0 Å². The number of anilines is 1. The van der Waals surface area contributed by atoms with Gasteiger partial charge in [0.15, 0.2) is 9.84 Å². The van der Waals surface area contributed by atoms with E-state index in [0.717, 1.165) is 37.2 Å². The molecule has 0 aromatic heterocycles. The molecule has 0 radical (unpaired) electrons. The van der Waals surface area contributed by atoms with Gasteiger partial charge in [-0.2, -0.15) is 0 Å². The van der Waals surface area contributed by atoms with Gasteiger partial charge in [-0.15, -0.1) is 0 Å². The topological polar surface area (TPSA) is 49.7 Å². The minimum absolute atomic E-state index is 0.130. The second-order valence-corrected chi connectivity index (χ2v) is 7.91. The number of hydrogen-bond acceptors (Lipinski definition) is 4. The quantitative estimate of drug-likeness (QED) is 0.839. The van der Waals surface area contributed by atoms with Crippen molar-refractivity contribution in [2.75, 3.05) is 23.7 Å². The number of allylic oxidation sites excluding steroid dienone is 1. The Hall–Kier alpha value is -1.62. The zero-order valence-electron chi connectivity index (χ0n) is 12.2. The standard InChI is InChI=1S/C16H20N2O2S/c1-2-21(19,20)12-13-5-6-14-7-9-18(16(14)10-13)11-15-4-3-8-17-15/h4-6,8,10H,2-3,7,9,11-12H2,1H3. The van der Waals surface area contributed by atoms with E-state index < -0.39 is 9.84 Å². The van der Waals surface area contributed by atoms with Crippen molar-refractivity contribution >= 4 is 21.7 Å². The monoisotopic (exact) mass is 304 g/mol. The van der Waals surface area contributed by atoms with Crippen molar-refractivity contribution in [1.29, 1.82) is 0 Å². The Morgan fingerprint density at radius 3 is 2.90 bits per heavy atom. The Labute approximate surface area is 126 Å². The predicted octanol–water partition coefficient (Wildman–Crippen LogP) is 2.34. The van der Waals surface area contributed by atoms with Crippen molar-refractivity contribution in [2.45, 2.75) is 25.5 Å². The van der Waals surface area contributed by atoms with Gasteiger partial charge in [0.1, 0.15) is 0 Å². The molecule has 2 aliphatic heterocycles. The summed E-state index contributed by atoms with van der Waals surface area (Å²) in [4.78, 5) is 6.66. The van der Waals surface area contributed by atoms with Gasteiger partial charge < -0.3 is 4.90 Å². The third-order valence-electron chi connectivity index (χ3n) is 4.04. The molecule has 0 bridgehead atoms. The van der Waals surface area contributed by atoms with E-state index in [0.29, 0.717) is 0 Å². The molecule has 1 aromatic rings. The fraction of sp³-hybridized carbons (Fsp3) is 0.438. The maximum absolute atomic E-state index is 11.8. The summed E-state index contributed by atoms with van der Waals surface area (Å²) in [7, 11) is -2.98. The summed E-state index contributed by atoms with van der Waals surface area (Å²) < 4.78 is 23.6. The van der Waals surface area contributed by atoms with Crippen molar-refractivity contribution < 1.29 is 8.42 Å². The van der Waals surface area contributed by atoms with Gasteiger partial charge in [-0.3, -0.25) is 4.99 Å². The molecule has 0 amide bonds. The van der Waals surface area contributed by atoms with Gasteiger partial charge in [0.2, 0.25) is 0 Å². The van der Waals surface area contributed by atoms with Gasteiger partial charge >= 0.3 is 0 Å². The van der Waals surface area contributed by atoms with Crippen molar-refractivity contribution in [3.63, 3.8) is 0 Å². The molecular weight excluding hydrogens is 284 g/mol. The highest BCUT2D eigenvalue weighted by Crippen LogP contribution is 2.30. The highest BCUT2D eigenvalue weighted by atomic mass is 32.2. The number of sulfone groups is 1. The number of nitrogens with zero attached hydrogens (tertiary/aromatic N) is 2. The number of benzene rings is 1. The summed E-state index contributed by atoms with van der Waals surface area (Å²) >= 11 is 0. The summed E-state index contributed by atoms with van der Waals surface area (Å²) in [5, 5.41) is 0. The van der Waals surface area contributed by atoms with Crippen LogP contribution in [0.2, 0.25) is 0 Å². The Morgan fingerprint density at radius 2 is 2.19 bits per heavy atom. The first-order valence-electron chi connectivity index (χ1n) is 7.36. The normalized spacial score (nSPS) is 17.2. The lowest BCUT2D eigenvalue weighted by Crippen LogP contribution is -2.22. The van der Waals surface area contributed by atoms with E-state index in [1.165, 1.54) is 11.3 Å². The SMILES string of the molecule is CCS(=O)(=O)Cc1ccc2c(c1)N(CC1=CCC=N1)CC2. The molecular formula is C16H20N2O2S. The summed E-state index contributed by atoms with van der Waals surface area (Å²) in [6, 6.07) is 6.06. The van der Waals surface area contributed by atoms with Crippen molar-refractivity contribution in [1.82, 2.24) is 0 Å². The van der Waals surface area contributed by atoms with Crippen LogP contribution < -0.4 is 4.90 Å². The molecule has 112 valence electrons. The summed E-state index contributed by atoms with van der Waals surface area (Å²) in [6.07, 6.45) is 6.01. The Morgan fingerprint density at radius 1 is 1.33 bits per heavy atom. The number of fused-ring (bicyclic) bond motifs is 1. The summed E-state index contributed by atoms with van der Waals surface area (Å²) in [6.45, 7) is 3.49. The van der Waals surface area contributed by atoms with Crippen LogP contribution in [0.1, 0.15) is 24.5 Å². The first kappa shape index (κ1) is 14.3. The summed E-state index contributed by atoms with van der Waals surface area (Å²) in [5.41, 5.74) is 4.46. The molecule has 0 unspecified atom stereocenters. The van der Waals surface area contributed by atoms with Crippen molar-refractivity contribution in [2.24, 2.45) is 4.99 Å². The minimum atomic E-state index is -2.98. The van der Waals surface area contributed by atoms with E-state index >= 15 is 0 Å². The first-order valence-corrected chi connectivity index (χ1v) is 9.18. The van der Waals surface area contributed by atoms with E-state index in [4.69, 9.17) is 0 Å². The molecule has 0 fully saturated rings. The molecule has 0 spiro atoms. The van der Waals surface area contributed by atoms with E-state index in [-0.39, 0.29) is 11.5 Å². The van der Waals surface area contributed by atoms with Gasteiger partial charge in [0.05, 0.1) is 18.0 Å². The molecule has 5 heteroatoms.